The number of aromatic hydroxyl groups is 1. The summed E-state index contributed by atoms with van der Waals surface area (Å²) in [7, 11) is 0. The Hall–Kier alpha value is -1.42. The fourth-order valence-corrected chi connectivity index (χ4v) is 2.46. The van der Waals surface area contributed by atoms with Gasteiger partial charge in [0, 0.05) is 16.2 Å². The average molecular weight is 235 g/mol. The molecule has 0 bridgehead atoms. The Balaban J connectivity index is 2.05. The van der Waals surface area contributed by atoms with Gasteiger partial charge >= 0.3 is 0 Å². The zero-order valence-corrected chi connectivity index (χ0v) is 10.0. The predicted molar refractivity (Wildman–Crippen MR) is 63.6 cm³/mol. The van der Waals surface area contributed by atoms with Crippen LogP contribution in [0.25, 0.3) is 0 Å². The summed E-state index contributed by atoms with van der Waals surface area (Å²) in [6.07, 6.45) is 0. The number of rotatable bonds is 3. The van der Waals surface area contributed by atoms with Crippen LogP contribution in [0.3, 0.4) is 0 Å². The molecule has 0 spiro atoms. The summed E-state index contributed by atoms with van der Waals surface area (Å²) in [5, 5.41) is 13.1. The number of benzene rings is 1. The number of aromatic nitrogens is 1. The van der Waals surface area contributed by atoms with Gasteiger partial charge in [0.1, 0.15) is 11.5 Å². The van der Waals surface area contributed by atoms with Crippen LogP contribution in [0.4, 0.5) is 0 Å². The van der Waals surface area contributed by atoms with Crippen molar-refractivity contribution in [1.82, 2.24) is 5.16 Å². The molecule has 1 heterocycles. The van der Waals surface area contributed by atoms with Crippen LogP contribution in [0, 0.1) is 13.8 Å². The van der Waals surface area contributed by atoms with Crippen molar-refractivity contribution in [1.29, 1.82) is 0 Å². The number of hydrogen-bond donors (Lipinski definition) is 1. The Labute approximate surface area is 98.5 Å². The molecular formula is C12H13NO2S. The summed E-state index contributed by atoms with van der Waals surface area (Å²) in [6.45, 7) is 3.87. The molecule has 0 aliphatic carbocycles. The molecule has 0 unspecified atom stereocenters. The first-order valence-corrected chi connectivity index (χ1v) is 5.99. The number of hydrogen-bond acceptors (Lipinski definition) is 4. The maximum absolute atomic E-state index is 9.16. The first kappa shape index (κ1) is 11.1. The smallest absolute Gasteiger partial charge is 0.137 e. The van der Waals surface area contributed by atoms with E-state index in [1.165, 1.54) is 0 Å². The molecule has 0 aliphatic heterocycles. The minimum Gasteiger partial charge on any atom is -0.508 e. The maximum atomic E-state index is 9.16. The number of phenols is 1. The van der Waals surface area contributed by atoms with Crippen LogP contribution < -0.4 is 0 Å². The van der Waals surface area contributed by atoms with E-state index in [9.17, 15) is 0 Å². The highest BCUT2D eigenvalue weighted by Crippen LogP contribution is 2.27. The molecule has 84 valence electrons. The minimum absolute atomic E-state index is 0.293. The molecule has 3 nitrogen and oxygen atoms in total. The third-order valence-electron chi connectivity index (χ3n) is 2.40. The van der Waals surface area contributed by atoms with Crippen LogP contribution in [-0.4, -0.2) is 10.3 Å². The van der Waals surface area contributed by atoms with Crippen LogP contribution in [0.15, 0.2) is 33.7 Å². The van der Waals surface area contributed by atoms with E-state index in [2.05, 4.69) is 5.16 Å². The highest BCUT2D eigenvalue weighted by molar-refractivity contribution is 7.98. The van der Waals surface area contributed by atoms with Crippen LogP contribution in [0.2, 0.25) is 0 Å². The summed E-state index contributed by atoms with van der Waals surface area (Å²) in [6, 6.07) is 7.18. The van der Waals surface area contributed by atoms with E-state index in [4.69, 9.17) is 9.63 Å². The molecule has 2 aromatic rings. The average Bonchev–Trinajstić information content (AvgIpc) is 2.59. The number of phenolic OH excluding ortho intramolecular Hbond substituents is 1. The van der Waals surface area contributed by atoms with E-state index < -0.39 is 0 Å². The Bertz CT molecular complexity index is 457. The van der Waals surface area contributed by atoms with E-state index in [0.29, 0.717) is 5.75 Å². The fourth-order valence-electron chi connectivity index (χ4n) is 1.41. The lowest BCUT2D eigenvalue weighted by Gasteiger charge is -2.01. The largest absolute Gasteiger partial charge is 0.508 e. The van der Waals surface area contributed by atoms with Crippen molar-refractivity contribution < 1.29 is 9.63 Å². The van der Waals surface area contributed by atoms with Crippen molar-refractivity contribution in [3.8, 4) is 5.75 Å². The SMILES string of the molecule is Cc1noc(C)c1CSc1ccc(O)cc1. The van der Waals surface area contributed by atoms with Gasteiger partial charge in [0.05, 0.1) is 5.69 Å². The van der Waals surface area contributed by atoms with E-state index >= 15 is 0 Å². The first-order valence-electron chi connectivity index (χ1n) is 5.00. The summed E-state index contributed by atoms with van der Waals surface area (Å²) in [5.41, 5.74) is 2.10. The molecule has 0 radical (unpaired) electrons. The lowest BCUT2D eigenvalue weighted by Crippen LogP contribution is -1.84. The highest BCUT2D eigenvalue weighted by atomic mass is 32.2. The van der Waals surface area contributed by atoms with Crippen LogP contribution >= 0.6 is 11.8 Å². The van der Waals surface area contributed by atoms with Gasteiger partial charge in [-0.25, -0.2) is 0 Å². The second-order valence-corrected chi connectivity index (χ2v) is 4.63. The van der Waals surface area contributed by atoms with Crippen molar-refractivity contribution in [2.45, 2.75) is 24.5 Å². The monoisotopic (exact) mass is 235 g/mol. The normalized spacial score (nSPS) is 10.6. The summed E-state index contributed by atoms with van der Waals surface area (Å²) >= 11 is 1.70. The predicted octanol–water partition coefficient (Wildman–Crippen LogP) is 3.29. The van der Waals surface area contributed by atoms with Crippen molar-refractivity contribution >= 4 is 11.8 Å². The molecule has 0 amide bonds. The molecule has 0 saturated heterocycles. The van der Waals surface area contributed by atoms with Crippen molar-refractivity contribution in [3.63, 3.8) is 0 Å². The van der Waals surface area contributed by atoms with Gasteiger partial charge in [0.15, 0.2) is 0 Å². The molecule has 16 heavy (non-hydrogen) atoms. The zero-order valence-electron chi connectivity index (χ0n) is 9.23. The molecule has 0 aliphatic rings. The van der Waals surface area contributed by atoms with E-state index in [0.717, 1.165) is 27.7 Å². The molecule has 1 aromatic heterocycles. The van der Waals surface area contributed by atoms with Gasteiger partial charge in [-0.1, -0.05) is 5.16 Å². The standard InChI is InChI=1S/C12H13NO2S/c1-8-12(9(2)15-13-8)7-16-11-5-3-10(14)4-6-11/h3-6,14H,7H2,1-2H3. The Morgan fingerprint density at radius 1 is 1.25 bits per heavy atom. The minimum atomic E-state index is 0.293. The van der Waals surface area contributed by atoms with Gasteiger partial charge in [-0.05, 0) is 38.1 Å². The summed E-state index contributed by atoms with van der Waals surface area (Å²) in [5.74, 6) is 2.01. The summed E-state index contributed by atoms with van der Waals surface area (Å²) < 4.78 is 5.10. The van der Waals surface area contributed by atoms with Crippen molar-refractivity contribution in [2.24, 2.45) is 0 Å². The van der Waals surface area contributed by atoms with E-state index in [1.54, 1.807) is 23.9 Å². The van der Waals surface area contributed by atoms with Crippen LogP contribution in [-0.2, 0) is 5.75 Å². The van der Waals surface area contributed by atoms with Crippen LogP contribution in [0.1, 0.15) is 17.0 Å². The maximum Gasteiger partial charge on any atom is 0.137 e. The number of aryl methyl sites for hydroxylation is 2. The second-order valence-electron chi connectivity index (χ2n) is 3.59. The third-order valence-corrected chi connectivity index (χ3v) is 3.44. The van der Waals surface area contributed by atoms with Crippen LogP contribution in [0.5, 0.6) is 5.75 Å². The van der Waals surface area contributed by atoms with Crippen molar-refractivity contribution in [2.75, 3.05) is 0 Å². The zero-order chi connectivity index (χ0) is 11.5. The molecule has 2 rings (SSSR count). The van der Waals surface area contributed by atoms with Gasteiger partial charge in [0.25, 0.3) is 0 Å². The Morgan fingerprint density at radius 3 is 2.50 bits per heavy atom. The molecule has 0 saturated carbocycles. The van der Waals surface area contributed by atoms with Gasteiger partial charge in [-0.2, -0.15) is 0 Å². The molecule has 4 heteroatoms. The van der Waals surface area contributed by atoms with Gasteiger partial charge in [-0.3, -0.25) is 0 Å². The first-order chi connectivity index (χ1) is 7.66. The van der Waals surface area contributed by atoms with Gasteiger partial charge in [0.2, 0.25) is 0 Å². The number of thioether (sulfide) groups is 1. The molecule has 1 aromatic carbocycles. The highest BCUT2D eigenvalue weighted by Gasteiger charge is 2.08. The van der Waals surface area contributed by atoms with Crippen molar-refractivity contribution in [3.05, 3.63) is 41.3 Å². The third kappa shape index (κ3) is 2.39. The lowest BCUT2D eigenvalue weighted by atomic mass is 10.2. The van der Waals surface area contributed by atoms with E-state index in [-0.39, 0.29) is 0 Å². The molecular weight excluding hydrogens is 222 g/mol. The number of nitrogens with zero attached hydrogens (tertiary/aromatic N) is 1. The fraction of sp³-hybridized carbons (Fsp3) is 0.250. The van der Waals surface area contributed by atoms with Gasteiger partial charge in [-0.15, -0.1) is 11.8 Å². The van der Waals surface area contributed by atoms with E-state index in [1.807, 2.05) is 26.0 Å². The quantitative estimate of drug-likeness (QED) is 0.829. The lowest BCUT2D eigenvalue weighted by molar-refractivity contribution is 0.392. The summed E-state index contributed by atoms with van der Waals surface area (Å²) in [4.78, 5) is 1.12. The molecule has 0 atom stereocenters. The molecule has 1 N–H and O–H groups in total. The Morgan fingerprint density at radius 2 is 1.94 bits per heavy atom. The second kappa shape index (κ2) is 4.61. The Kier molecular flexibility index (Phi) is 3.19. The molecule has 0 fully saturated rings. The topological polar surface area (TPSA) is 46.3 Å². The van der Waals surface area contributed by atoms with Gasteiger partial charge < -0.3 is 9.63 Å².